The van der Waals surface area contributed by atoms with Crippen LogP contribution in [-0.2, 0) is 4.79 Å². The Bertz CT molecular complexity index is 776. The standard InChI is InChI=1S/C21H27NO3S/c1-13-7-8-14(2)18(11-13)15(3)22-21(23)16(4)26-17-9-10-19(24-5)20(12-17)25-6/h7-12,15-16H,1-6H3,(H,22,23)/t15-,16-/m0/s1. The van der Waals surface area contributed by atoms with Crippen molar-refractivity contribution < 1.29 is 14.3 Å². The first-order valence-electron chi connectivity index (χ1n) is 8.62. The number of aryl methyl sites for hydroxylation is 2. The van der Waals surface area contributed by atoms with Gasteiger partial charge in [0.2, 0.25) is 5.91 Å². The van der Waals surface area contributed by atoms with E-state index in [2.05, 4.69) is 37.4 Å². The zero-order valence-corrected chi connectivity index (χ0v) is 17.1. The molecule has 4 nitrogen and oxygen atoms in total. The van der Waals surface area contributed by atoms with Crippen molar-refractivity contribution in [1.82, 2.24) is 5.32 Å². The van der Waals surface area contributed by atoms with Gasteiger partial charge in [0.15, 0.2) is 11.5 Å². The summed E-state index contributed by atoms with van der Waals surface area (Å²) in [4.78, 5) is 13.6. The van der Waals surface area contributed by atoms with Gasteiger partial charge in [0, 0.05) is 4.90 Å². The summed E-state index contributed by atoms with van der Waals surface area (Å²) in [6.45, 7) is 8.06. The van der Waals surface area contributed by atoms with Gasteiger partial charge in [0.1, 0.15) is 0 Å². The summed E-state index contributed by atoms with van der Waals surface area (Å²) in [5.41, 5.74) is 3.53. The Morgan fingerprint density at radius 2 is 1.69 bits per heavy atom. The molecule has 140 valence electrons. The van der Waals surface area contributed by atoms with Crippen LogP contribution in [0.5, 0.6) is 11.5 Å². The van der Waals surface area contributed by atoms with E-state index in [1.165, 1.54) is 22.9 Å². The number of nitrogens with one attached hydrogen (secondary N) is 1. The van der Waals surface area contributed by atoms with E-state index in [1.54, 1.807) is 14.2 Å². The molecule has 0 spiro atoms. The van der Waals surface area contributed by atoms with Gasteiger partial charge in [-0.25, -0.2) is 0 Å². The van der Waals surface area contributed by atoms with Gasteiger partial charge in [-0.1, -0.05) is 23.8 Å². The number of hydrogen-bond donors (Lipinski definition) is 1. The molecule has 2 rings (SSSR count). The van der Waals surface area contributed by atoms with Crippen LogP contribution in [0.4, 0.5) is 0 Å². The monoisotopic (exact) mass is 373 g/mol. The van der Waals surface area contributed by atoms with E-state index < -0.39 is 0 Å². The molecule has 2 atom stereocenters. The Morgan fingerprint density at radius 1 is 1.00 bits per heavy atom. The van der Waals surface area contributed by atoms with E-state index in [1.807, 2.05) is 32.0 Å². The van der Waals surface area contributed by atoms with Crippen molar-refractivity contribution in [2.45, 2.75) is 43.9 Å². The average molecular weight is 374 g/mol. The maximum absolute atomic E-state index is 12.6. The minimum absolute atomic E-state index is 0.0122. The van der Waals surface area contributed by atoms with Crippen molar-refractivity contribution in [2.24, 2.45) is 0 Å². The lowest BCUT2D eigenvalue weighted by Gasteiger charge is -2.20. The molecule has 0 radical (unpaired) electrons. The second-order valence-electron chi connectivity index (χ2n) is 6.37. The lowest BCUT2D eigenvalue weighted by Crippen LogP contribution is -2.33. The maximum atomic E-state index is 12.6. The SMILES string of the molecule is COc1ccc(S[C@@H](C)C(=O)N[C@@H](C)c2cc(C)ccc2C)cc1OC. The minimum Gasteiger partial charge on any atom is -0.493 e. The third kappa shape index (κ3) is 4.94. The third-order valence-corrected chi connectivity index (χ3v) is 5.39. The molecule has 2 aromatic rings. The Balaban J connectivity index is 2.04. The molecule has 26 heavy (non-hydrogen) atoms. The minimum atomic E-state index is -0.222. The first kappa shape index (κ1) is 20.2. The molecule has 2 aromatic carbocycles. The normalized spacial score (nSPS) is 13.0. The van der Waals surface area contributed by atoms with Crippen LogP contribution in [0, 0.1) is 13.8 Å². The summed E-state index contributed by atoms with van der Waals surface area (Å²) in [5.74, 6) is 1.35. The Kier molecular flexibility index (Phi) is 6.98. The summed E-state index contributed by atoms with van der Waals surface area (Å²) >= 11 is 1.50. The van der Waals surface area contributed by atoms with E-state index >= 15 is 0 Å². The number of ether oxygens (including phenoxy) is 2. The van der Waals surface area contributed by atoms with E-state index in [9.17, 15) is 4.79 Å². The van der Waals surface area contributed by atoms with Crippen molar-refractivity contribution in [1.29, 1.82) is 0 Å². The smallest absolute Gasteiger partial charge is 0.233 e. The van der Waals surface area contributed by atoms with Crippen molar-refractivity contribution in [2.75, 3.05) is 14.2 Å². The van der Waals surface area contributed by atoms with Gasteiger partial charge in [-0.3, -0.25) is 4.79 Å². The van der Waals surface area contributed by atoms with Gasteiger partial charge in [-0.15, -0.1) is 11.8 Å². The van der Waals surface area contributed by atoms with Crippen LogP contribution in [-0.4, -0.2) is 25.4 Å². The lowest BCUT2D eigenvalue weighted by molar-refractivity contribution is -0.120. The molecule has 0 heterocycles. The van der Waals surface area contributed by atoms with Crippen molar-refractivity contribution >= 4 is 17.7 Å². The zero-order valence-electron chi connectivity index (χ0n) is 16.3. The number of thioether (sulfide) groups is 1. The highest BCUT2D eigenvalue weighted by Gasteiger charge is 2.19. The fraction of sp³-hybridized carbons (Fsp3) is 0.381. The third-order valence-electron chi connectivity index (χ3n) is 4.30. The number of carbonyl (C=O) groups excluding carboxylic acids is 1. The van der Waals surface area contributed by atoms with Gasteiger partial charge in [-0.05, 0) is 57.0 Å². The second-order valence-corrected chi connectivity index (χ2v) is 7.78. The first-order valence-corrected chi connectivity index (χ1v) is 9.50. The van der Waals surface area contributed by atoms with Crippen LogP contribution in [0.3, 0.4) is 0 Å². The molecule has 0 aliphatic carbocycles. The average Bonchev–Trinajstić information content (AvgIpc) is 2.63. The topological polar surface area (TPSA) is 47.6 Å². The number of rotatable bonds is 7. The summed E-state index contributed by atoms with van der Waals surface area (Å²) in [6.07, 6.45) is 0. The number of carbonyl (C=O) groups is 1. The predicted molar refractivity (Wildman–Crippen MR) is 107 cm³/mol. The van der Waals surface area contributed by atoms with Gasteiger partial charge >= 0.3 is 0 Å². The maximum Gasteiger partial charge on any atom is 0.233 e. The molecule has 0 saturated heterocycles. The number of hydrogen-bond acceptors (Lipinski definition) is 4. The molecular formula is C21H27NO3S. The van der Waals surface area contributed by atoms with Crippen LogP contribution in [0.25, 0.3) is 0 Å². The second kappa shape index (κ2) is 8.99. The van der Waals surface area contributed by atoms with Crippen molar-refractivity contribution in [3.05, 3.63) is 53.1 Å². The van der Waals surface area contributed by atoms with E-state index in [0.717, 1.165) is 10.5 Å². The Hall–Kier alpha value is -2.14. The number of methoxy groups -OCH3 is 2. The Labute approximate surface area is 160 Å². The number of amides is 1. The van der Waals surface area contributed by atoms with Crippen molar-refractivity contribution in [3.63, 3.8) is 0 Å². The van der Waals surface area contributed by atoms with Gasteiger partial charge < -0.3 is 14.8 Å². The van der Waals surface area contributed by atoms with E-state index in [0.29, 0.717) is 11.5 Å². The summed E-state index contributed by atoms with van der Waals surface area (Å²) in [5, 5.41) is 2.90. The molecular weight excluding hydrogens is 346 g/mol. The summed E-state index contributed by atoms with van der Waals surface area (Å²) in [6, 6.07) is 12.0. The lowest BCUT2D eigenvalue weighted by atomic mass is 10.00. The highest BCUT2D eigenvalue weighted by molar-refractivity contribution is 8.00. The molecule has 5 heteroatoms. The molecule has 0 aliphatic rings. The molecule has 0 aliphatic heterocycles. The van der Waals surface area contributed by atoms with Gasteiger partial charge in [0.25, 0.3) is 0 Å². The highest BCUT2D eigenvalue weighted by atomic mass is 32.2. The zero-order chi connectivity index (χ0) is 19.3. The quantitative estimate of drug-likeness (QED) is 0.716. The van der Waals surface area contributed by atoms with Crippen LogP contribution >= 0.6 is 11.8 Å². The molecule has 0 saturated carbocycles. The van der Waals surface area contributed by atoms with Crippen LogP contribution in [0.1, 0.15) is 36.6 Å². The summed E-state index contributed by atoms with van der Waals surface area (Å²) < 4.78 is 10.6. The predicted octanol–water partition coefficient (Wildman–Crippen LogP) is 4.68. The number of benzene rings is 2. The highest BCUT2D eigenvalue weighted by Crippen LogP contribution is 2.33. The van der Waals surface area contributed by atoms with Gasteiger partial charge in [-0.2, -0.15) is 0 Å². The fourth-order valence-corrected chi connectivity index (χ4v) is 3.69. The van der Waals surface area contributed by atoms with E-state index in [-0.39, 0.29) is 17.2 Å². The molecule has 0 fully saturated rings. The summed E-state index contributed by atoms with van der Waals surface area (Å²) in [7, 11) is 3.21. The molecule has 0 aromatic heterocycles. The fourth-order valence-electron chi connectivity index (χ4n) is 2.78. The van der Waals surface area contributed by atoms with Crippen LogP contribution in [0.2, 0.25) is 0 Å². The molecule has 0 unspecified atom stereocenters. The van der Waals surface area contributed by atoms with E-state index in [4.69, 9.17) is 9.47 Å². The Morgan fingerprint density at radius 3 is 2.35 bits per heavy atom. The molecule has 0 bridgehead atoms. The van der Waals surface area contributed by atoms with Gasteiger partial charge in [0.05, 0.1) is 25.5 Å². The first-order chi connectivity index (χ1) is 12.3. The molecule has 1 N–H and O–H groups in total. The molecule has 1 amide bonds. The van der Waals surface area contributed by atoms with Crippen LogP contribution < -0.4 is 14.8 Å². The largest absolute Gasteiger partial charge is 0.493 e. The van der Waals surface area contributed by atoms with Crippen molar-refractivity contribution in [3.8, 4) is 11.5 Å². The van der Waals surface area contributed by atoms with Crippen LogP contribution in [0.15, 0.2) is 41.3 Å².